The summed E-state index contributed by atoms with van der Waals surface area (Å²) in [6, 6.07) is 0.904. The second-order valence-electron chi connectivity index (χ2n) is 6.07. The van der Waals surface area contributed by atoms with Crippen molar-refractivity contribution >= 4 is 0 Å². The van der Waals surface area contributed by atoms with Crippen molar-refractivity contribution in [2.45, 2.75) is 57.5 Å². The minimum atomic E-state index is 0.300. The first-order valence-electron chi connectivity index (χ1n) is 7.55. The Labute approximate surface area is 114 Å². The summed E-state index contributed by atoms with van der Waals surface area (Å²) in [4.78, 5) is 7.12. The van der Waals surface area contributed by atoms with Crippen molar-refractivity contribution in [2.24, 2.45) is 0 Å². The van der Waals surface area contributed by atoms with Gasteiger partial charge in [-0.05, 0) is 46.2 Å². The fraction of sp³-hybridized carbons (Fsp3) is 0.857. The number of aromatic nitrogens is 2. The van der Waals surface area contributed by atoms with Gasteiger partial charge >= 0.3 is 0 Å². The maximum atomic E-state index is 5.50. The molecule has 0 saturated carbocycles. The van der Waals surface area contributed by atoms with E-state index in [0.717, 1.165) is 44.2 Å². The molecule has 2 atom stereocenters. The molecule has 1 aromatic heterocycles. The maximum absolute atomic E-state index is 5.50. The van der Waals surface area contributed by atoms with E-state index in [4.69, 9.17) is 4.52 Å². The predicted octanol–water partition coefficient (Wildman–Crippen LogP) is 2.08. The van der Waals surface area contributed by atoms with Crippen LogP contribution in [0.3, 0.4) is 0 Å². The standard InChI is InChI=1S/C14H24N4O/c1-10(2)18-8-6-11(9-18)14-16-13(17-19-14)12-5-3-4-7-15-12/h10-12,15H,3-9H2,1-2H3. The van der Waals surface area contributed by atoms with Crippen molar-refractivity contribution in [3.63, 3.8) is 0 Å². The van der Waals surface area contributed by atoms with Crippen LogP contribution in [0.5, 0.6) is 0 Å². The molecule has 2 aliphatic heterocycles. The SMILES string of the molecule is CC(C)N1CCC(c2nc(C3CCCCN3)no2)C1. The molecule has 2 saturated heterocycles. The summed E-state index contributed by atoms with van der Waals surface area (Å²) in [6.07, 6.45) is 4.78. The van der Waals surface area contributed by atoms with Gasteiger partial charge in [0, 0.05) is 12.6 Å². The van der Waals surface area contributed by atoms with E-state index in [2.05, 4.69) is 34.2 Å². The normalized spacial score (nSPS) is 29.2. The molecule has 0 aromatic carbocycles. The van der Waals surface area contributed by atoms with Crippen LogP contribution in [0.15, 0.2) is 4.52 Å². The van der Waals surface area contributed by atoms with E-state index >= 15 is 0 Å². The number of piperidine rings is 1. The maximum Gasteiger partial charge on any atom is 0.231 e. The molecule has 2 aliphatic rings. The minimum absolute atomic E-state index is 0.300. The first kappa shape index (κ1) is 13.1. The second kappa shape index (κ2) is 5.59. The molecule has 2 unspecified atom stereocenters. The molecule has 5 nitrogen and oxygen atoms in total. The highest BCUT2D eigenvalue weighted by Gasteiger charge is 2.30. The van der Waals surface area contributed by atoms with E-state index in [1.165, 1.54) is 12.8 Å². The number of likely N-dealkylation sites (tertiary alicyclic amines) is 1. The molecule has 106 valence electrons. The van der Waals surface area contributed by atoms with E-state index in [-0.39, 0.29) is 0 Å². The fourth-order valence-electron chi connectivity index (χ4n) is 3.08. The second-order valence-corrected chi connectivity index (χ2v) is 6.07. The van der Waals surface area contributed by atoms with Crippen LogP contribution < -0.4 is 5.32 Å². The topological polar surface area (TPSA) is 54.2 Å². The molecule has 3 heterocycles. The summed E-state index contributed by atoms with van der Waals surface area (Å²) in [6.45, 7) is 7.75. The number of rotatable bonds is 3. The molecule has 0 amide bonds. The molecule has 0 aliphatic carbocycles. The van der Waals surface area contributed by atoms with Gasteiger partial charge < -0.3 is 14.7 Å². The van der Waals surface area contributed by atoms with Crippen molar-refractivity contribution < 1.29 is 4.52 Å². The fourth-order valence-corrected chi connectivity index (χ4v) is 3.08. The summed E-state index contributed by atoms with van der Waals surface area (Å²) in [5.41, 5.74) is 0. The lowest BCUT2D eigenvalue weighted by molar-refractivity contribution is 0.264. The van der Waals surface area contributed by atoms with Crippen molar-refractivity contribution in [3.8, 4) is 0 Å². The molecule has 0 bridgehead atoms. The zero-order chi connectivity index (χ0) is 13.2. The summed E-state index contributed by atoms with van der Waals surface area (Å²) in [7, 11) is 0. The van der Waals surface area contributed by atoms with Crippen LogP contribution in [-0.2, 0) is 0 Å². The van der Waals surface area contributed by atoms with Gasteiger partial charge in [0.25, 0.3) is 0 Å². The lowest BCUT2D eigenvalue weighted by Crippen LogP contribution is -2.28. The van der Waals surface area contributed by atoms with Crippen molar-refractivity contribution in [1.29, 1.82) is 0 Å². The Hall–Kier alpha value is -0.940. The monoisotopic (exact) mass is 264 g/mol. The smallest absolute Gasteiger partial charge is 0.231 e. The zero-order valence-electron chi connectivity index (χ0n) is 11.9. The average molecular weight is 264 g/mol. The van der Waals surface area contributed by atoms with Gasteiger partial charge in [0.15, 0.2) is 5.82 Å². The summed E-state index contributed by atoms with van der Waals surface area (Å²) in [5, 5.41) is 7.66. The lowest BCUT2D eigenvalue weighted by atomic mass is 10.0. The van der Waals surface area contributed by atoms with Gasteiger partial charge in [0.1, 0.15) is 0 Å². The van der Waals surface area contributed by atoms with Gasteiger partial charge in [0.2, 0.25) is 5.89 Å². The van der Waals surface area contributed by atoms with Gasteiger partial charge in [-0.15, -0.1) is 0 Å². The first-order chi connectivity index (χ1) is 9.24. The van der Waals surface area contributed by atoms with E-state index in [9.17, 15) is 0 Å². The van der Waals surface area contributed by atoms with Gasteiger partial charge in [-0.25, -0.2) is 0 Å². The van der Waals surface area contributed by atoms with E-state index in [1.54, 1.807) is 0 Å². The van der Waals surface area contributed by atoms with Crippen LogP contribution in [0.25, 0.3) is 0 Å². The Morgan fingerprint density at radius 3 is 2.89 bits per heavy atom. The Morgan fingerprint density at radius 2 is 2.21 bits per heavy atom. The minimum Gasteiger partial charge on any atom is -0.339 e. The van der Waals surface area contributed by atoms with Gasteiger partial charge in [-0.3, -0.25) is 0 Å². The number of hydrogen-bond acceptors (Lipinski definition) is 5. The van der Waals surface area contributed by atoms with Crippen molar-refractivity contribution in [2.75, 3.05) is 19.6 Å². The Morgan fingerprint density at radius 1 is 1.32 bits per heavy atom. The lowest BCUT2D eigenvalue weighted by Gasteiger charge is -2.20. The van der Waals surface area contributed by atoms with Crippen LogP contribution in [0.4, 0.5) is 0 Å². The summed E-state index contributed by atoms with van der Waals surface area (Å²) < 4.78 is 5.50. The van der Waals surface area contributed by atoms with Crippen LogP contribution in [-0.4, -0.2) is 40.7 Å². The van der Waals surface area contributed by atoms with Gasteiger partial charge in [-0.1, -0.05) is 11.6 Å². The molecule has 0 spiro atoms. The van der Waals surface area contributed by atoms with Crippen LogP contribution in [0.2, 0.25) is 0 Å². The van der Waals surface area contributed by atoms with Crippen LogP contribution in [0, 0.1) is 0 Å². The van der Waals surface area contributed by atoms with Crippen molar-refractivity contribution in [1.82, 2.24) is 20.4 Å². The molecule has 19 heavy (non-hydrogen) atoms. The molecule has 3 rings (SSSR count). The predicted molar refractivity (Wildman–Crippen MR) is 73.0 cm³/mol. The summed E-state index contributed by atoms with van der Waals surface area (Å²) >= 11 is 0. The third kappa shape index (κ3) is 2.82. The molecule has 5 heteroatoms. The van der Waals surface area contributed by atoms with Gasteiger partial charge in [0.05, 0.1) is 12.0 Å². The Kier molecular flexibility index (Phi) is 3.84. The highest BCUT2D eigenvalue weighted by Crippen LogP contribution is 2.29. The largest absolute Gasteiger partial charge is 0.339 e. The Bertz CT molecular complexity index is 411. The molecular formula is C14H24N4O. The number of nitrogens with one attached hydrogen (secondary N) is 1. The quantitative estimate of drug-likeness (QED) is 0.906. The molecule has 1 N–H and O–H groups in total. The van der Waals surface area contributed by atoms with E-state index in [1.807, 2.05) is 0 Å². The number of nitrogens with zero attached hydrogens (tertiary/aromatic N) is 3. The van der Waals surface area contributed by atoms with E-state index < -0.39 is 0 Å². The zero-order valence-corrected chi connectivity index (χ0v) is 11.9. The molecule has 2 fully saturated rings. The van der Waals surface area contributed by atoms with Crippen LogP contribution in [0.1, 0.15) is 63.2 Å². The molecular weight excluding hydrogens is 240 g/mol. The van der Waals surface area contributed by atoms with Gasteiger partial charge in [-0.2, -0.15) is 4.98 Å². The third-order valence-electron chi connectivity index (χ3n) is 4.38. The molecule has 1 aromatic rings. The highest BCUT2D eigenvalue weighted by atomic mass is 16.5. The highest BCUT2D eigenvalue weighted by molar-refractivity contribution is 5.02. The number of hydrogen-bond donors (Lipinski definition) is 1. The van der Waals surface area contributed by atoms with Crippen molar-refractivity contribution in [3.05, 3.63) is 11.7 Å². The third-order valence-corrected chi connectivity index (χ3v) is 4.38. The first-order valence-corrected chi connectivity index (χ1v) is 7.55. The van der Waals surface area contributed by atoms with Crippen LogP contribution >= 0.6 is 0 Å². The van der Waals surface area contributed by atoms with E-state index in [0.29, 0.717) is 18.0 Å². The Balaban J connectivity index is 1.65. The average Bonchev–Trinajstić information content (AvgIpc) is 3.09. The molecule has 0 radical (unpaired) electrons. The summed E-state index contributed by atoms with van der Waals surface area (Å²) in [5.74, 6) is 2.12.